The van der Waals surface area contributed by atoms with Crippen molar-refractivity contribution >= 4 is 46.6 Å². The van der Waals surface area contributed by atoms with Crippen LogP contribution in [0.25, 0.3) is 0 Å². The van der Waals surface area contributed by atoms with Crippen molar-refractivity contribution in [2.24, 2.45) is 0 Å². The zero-order valence-electron chi connectivity index (χ0n) is 15.3. The number of thioether (sulfide) groups is 1. The molecule has 0 unspecified atom stereocenters. The first-order valence-corrected chi connectivity index (χ1v) is 10.00. The number of alkyl halides is 3. The molecule has 29 heavy (non-hydrogen) atoms. The number of para-hydroxylation sites is 2. The highest BCUT2D eigenvalue weighted by atomic mass is 35.5. The van der Waals surface area contributed by atoms with Gasteiger partial charge in [0.05, 0.1) is 40.1 Å². The van der Waals surface area contributed by atoms with E-state index in [1.54, 1.807) is 24.3 Å². The molecule has 0 radical (unpaired) electrons. The van der Waals surface area contributed by atoms with Crippen LogP contribution in [-0.4, -0.2) is 29.9 Å². The van der Waals surface area contributed by atoms with Gasteiger partial charge in [0.25, 0.3) is 0 Å². The number of rotatable bonds is 8. The number of halogens is 4. The monoisotopic (exact) mass is 446 g/mol. The van der Waals surface area contributed by atoms with Gasteiger partial charge in [0.1, 0.15) is 5.75 Å². The summed E-state index contributed by atoms with van der Waals surface area (Å²) < 4.78 is 43.7. The quantitative estimate of drug-likeness (QED) is 0.594. The number of carbonyl (C=O) groups is 2. The van der Waals surface area contributed by atoms with Gasteiger partial charge in [-0.2, -0.15) is 13.2 Å². The van der Waals surface area contributed by atoms with Crippen LogP contribution in [0.2, 0.25) is 5.02 Å². The second-order valence-electron chi connectivity index (χ2n) is 5.71. The Labute approximate surface area is 175 Å². The van der Waals surface area contributed by atoms with Crippen molar-refractivity contribution in [3.63, 3.8) is 0 Å². The summed E-state index contributed by atoms with van der Waals surface area (Å²) in [4.78, 5) is 24.0. The molecular formula is C19H18ClF3N2O3S. The van der Waals surface area contributed by atoms with Crippen molar-refractivity contribution in [3.05, 3.63) is 53.1 Å². The molecule has 0 saturated heterocycles. The van der Waals surface area contributed by atoms with E-state index < -0.39 is 17.6 Å². The molecule has 156 valence electrons. The fourth-order valence-corrected chi connectivity index (χ4v) is 3.04. The summed E-state index contributed by atoms with van der Waals surface area (Å²) in [5.74, 6) is -0.534. The SMILES string of the molecule is CCOc1ccccc1NC(=O)CSCC(=O)Nc1cc(C(F)(F)F)ccc1Cl. The third-order valence-electron chi connectivity index (χ3n) is 3.50. The van der Waals surface area contributed by atoms with Crippen LogP contribution in [-0.2, 0) is 15.8 Å². The summed E-state index contributed by atoms with van der Waals surface area (Å²) in [6, 6.07) is 9.60. The Morgan fingerprint density at radius 2 is 1.66 bits per heavy atom. The molecule has 10 heteroatoms. The number of carbonyl (C=O) groups excluding carboxylic acids is 2. The van der Waals surface area contributed by atoms with Crippen LogP contribution in [0.4, 0.5) is 24.5 Å². The number of benzene rings is 2. The van der Waals surface area contributed by atoms with E-state index in [-0.39, 0.29) is 28.1 Å². The highest BCUT2D eigenvalue weighted by Gasteiger charge is 2.31. The minimum Gasteiger partial charge on any atom is -0.492 e. The van der Waals surface area contributed by atoms with Gasteiger partial charge in [0.2, 0.25) is 11.8 Å². The maximum absolute atomic E-state index is 12.8. The summed E-state index contributed by atoms with van der Waals surface area (Å²) in [6.07, 6.45) is -4.55. The van der Waals surface area contributed by atoms with Crippen molar-refractivity contribution in [3.8, 4) is 5.75 Å². The highest BCUT2D eigenvalue weighted by molar-refractivity contribution is 8.00. The van der Waals surface area contributed by atoms with Gasteiger partial charge in [-0.3, -0.25) is 9.59 Å². The molecule has 0 aliphatic carbocycles. The fourth-order valence-electron chi connectivity index (χ4n) is 2.26. The maximum Gasteiger partial charge on any atom is 0.416 e. The van der Waals surface area contributed by atoms with Gasteiger partial charge in [0, 0.05) is 0 Å². The first kappa shape index (κ1) is 22.9. The smallest absolute Gasteiger partial charge is 0.416 e. The van der Waals surface area contributed by atoms with Crippen LogP contribution in [0, 0.1) is 0 Å². The van der Waals surface area contributed by atoms with E-state index >= 15 is 0 Å². The molecule has 2 N–H and O–H groups in total. The lowest BCUT2D eigenvalue weighted by atomic mass is 10.2. The Hall–Kier alpha value is -2.39. The Morgan fingerprint density at radius 1 is 1.03 bits per heavy atom. The van der Waals surface area contributed by atoms with Gasteiger partial charge in [-0.15, -0.1) is 11.8 Å². The van der Waals surface area contributed by atoms with E-state index in [4.69, 9.17) is 16.3 Å². The summed E-state index contributed by atoms with van der Waals surface area (Å²) in [5.41, 5.74) is -0.542. The lowest BCUT2D eigenvalue weighted by Crippen LogP contribution is -2.19. The van der Waals surface area contributed by atoms with Crippen LogP contribution in [0.5, 0.6) is 5.75 Å². The third kappa shape index (κ3) is 7.17. The van der Waals surface area contributed by atoms with Crippen molar-refractivity contribution < 1.29 is 27.5 Å². The second kappa shape index (κ2) is 10.4. The Balaban J connectivity index is 1.85. The lowest BCUT2D eigenvalue weighted by molar-refractivity contribution is -0.137. The molecule has 2 amide bonds. The second-order valence-corrected chi connectivity index (χ2v) is 7.10. The van der Waals surface area contributed by atoms with E-state index in [9.17, 15) is 22.8 Å². The first-order chi connectivity index (χ1) is 13.7. The van der Waals surface area contributed by atoms with Gasteiger partial charge in [-0.05, 0) is 37.3 Å². The van der Waals surface area contributed by atoms with Crippen molar-refractivity contribution in [1.29, 1.82) is 0 Å². The highest BCUT2D eigenvalue weighted by Crippen LogP contribution is 2.33. The molecule has 5 nitrogen and oxygen atoms in total. The third-order valence-corrected chi connectivity index (χ3v) is 4.76. The molecule has 0 saturated carbocycles. The van der Waals surface area contributed by atoms with Gasteiger partial charge in [-0.25, -0.2) is 0 Å². The number of nitrogens with one attached hydrogen (secondary N) is 2. The van der Waals surface area contributed by atoms with Gasteiger partial charge >= 0.3 is 6.18 Å². The summed E-state index contributed by atoms with van der Waals surface area (Å²) in [7, 11) is 0. The van der Waals surface area contributed by atoms with E-state index in [0.717, 1.165) is 30.0 Å². The van der Waals surface area contributed by atoms with Gasteiger partial charge < -0.3 is 15.4 Å². The fraction of sp³-hybridized carbons (Fsp3) is 0.263. The summed E-state index contributed by atoms with van der Waals surface area (Å²) >= 11 is 6.85. The molecule has 2 aromatic rings. The van der Waals surface area contributed by atoms with Crippen LogP contribution < -0.4 is 15.4 Å². The van der Waals surface area contributed by atoms with E-state index in [2.05, 4.69) is 10.6 Å². The van der Waals surface area contributed by atoms with E-state index in [0.29, 0.717) is 18.0 Å². The Kier molecular flexibility index (Phi) is 8.21. The van der Waals surface area contributed by atoms with E-state index in [1.807, 2.05) is 6.92 Å². The Morgan fingerprint density at radius 3 is 2.28 bits per heavy atom. The summed E-state index contributed by atoms with van der Waals surface area (Å²) in [5, 5.41) is 5.01. The van der Waals surface area contributed by atoms with Crippen LogP contribution in [0.1, 0.15) is 12.5 Å². The molecule has 0 heterocycles. The molecule has 0 aliphatic rings. The van der Waals surface area contributed by atoms with E-state index in [1.165, 1.54) is 0 Å². The van der Waals surface area contributed by atoms with Crippen molar-refractivity contribution in [1.82, 2.24) is 0 Å². The first-order valence-electron chi connectivity index (χ1n) is 8.46. The normalized spacial score (nSPS) is 11.1. The molecule has 0 aliphatic heterocycles. The number of hydrogen-bond donors (Lipinski definition) is 2. The predicted molar refractivity (Wildman–Crippen MR) is 109 cm³/mol. The largest absolute Gasteiger partial charge is 0.492 e. The maximum atomic E-state index is 12.8. The molecule has 2 aromatic carbocycles. The predicted octanol–water partition coefficient (Wildman–Crippen LogP) is 5.07. The van der Waals surface area contributed by atoms with Crippen LogP contribution in [0.15, 0.2) is 42.5 Å². The minimum atomic E-state index is -4.55. The molecule has 0 spiro atoms. The molecule has 2 rings (SSSR count). The molecule has 0 atom stereocenters. The molecule has 0 fully saturated rings. The topological polar surface area (TPSA) is 67.4 Å². The Bertz CT molecular complexity index is 878. The molecule has 0 bridgehead atoms. The average Bonchev–Trinajstić information content (AvgIpc) is 2.64. The van der Waals surface area contributed by atoms with Gasteiger partial charge in [-0.1, -0.05) is 23.7 Å². The number of amides is 2. The molecule has 0 aromatic heterocycles. The number of ether oxygens (including phenoxy) is 1. The lowest BCUT2D eigenvalue weighted by Gasteiger charge is -2.12. The summed E-state index contributed by atoms with van der Waals surface area (Å²) in [6.45, 7) is 2.27. The average molecular weight is 447 g/mol. The molecular weight excluding hydrogens is 429 g/mol. The van der Waals surface area contributed by atoms with Crippen molar-refractivity contribution in [2.45, 2.75) is 13.1 Å². The van der Waals surface area contributed by atoms with Crippen LogP contribution in [0.3, 0.4) is 0 Å². The van der Waals surface area contributed by atoms with Crippen LogP contribution >= 0.6 is 23.4 Å². The van der Waals surface area contributed by atoms with Crippen molar-refractivity contribution in [2.75, 3.05) is 28.7 Å². The number of anilines is 2. The zero-order valence-corrected chi connectivity index (χ0v) is 16.9. The standard InChI is InChI=1S/C19H18ClF3N2O3S/c1-2-28-16-6-4-3-5-14(16)24-17(26)10-29-11-18(27)25-15-9-12(19(21,22)23)7-8-13(15)20/h3-9H,2,10-11H2,1H3,(H,24,26)(H,25,27). The van der Waals surface area contributed by atoms with Gasteiger partial charge in [0.15, 0.2) is 0 Å². The minimum absolute atomic E-state index is 0.0124. The number of hydrogen-bond acceptors (Lipinski definition) is 4. The zero-order chi connectivity index (χ0) is 21.4.